The monoisotopic (exact) mass is 265 g/mol. The van der Waals surface area contributed by atoms with Crippen LogP contribution in [0.15, 0.2) is 12.1 Å². The summed E-state index contributed by atoms with van der Waals surface area (Å²) in [7, 11) is 0. The van der Waals surface area contributed by atoms with E-state index in [9.17, 15) is 14.7 Å². The molecule has 1 amide bonds. The predicted octanol–water partition coefficient (Wildman–Crippen LogP) is 2.41. The summed E-state index contributed by atoms with van der Waals surface area (Å²) in [6.45, 7) is 5.16. The highest BCUT2D eigenvalue weighted by molar-refractivity contribution is 6.02. The minimum absolute atomic E-state index is 0.0225. The average Bonchev–Trinajstić information content (AvgIpc) is 2.36. The van der Waals surface area contributed by atoms with Gasteiger partial charge in [-0.1, -0.05) is 6.07 Å². The summed E-state index contributed by atoms with van der Waals surface area (Å²) >= 11 is 0. The fourth-order valence-electron chi connectivity index (χ4n) is 1.66. The molecule has 0 fully saturated rings. The van der Waals surface area contributed by atoms with E-state index in [2.05, 4.69) is 5.32 Å². The number of benzene rings is 1. The lowest BCUT2D eigenvalue weighted by atomic mass is 10.1. The van der Waals surface area contributed by atoms with Gasteiger partial charge >= 0.3 is 12.1 Å². The maximum Gasteiger partial charge on any atom is 0.412 e. The zero-order valence-corrected chi connectivity index (χ0v) is 10.9. The Balaban J connectivity index is 2.42. The molecule has 1 aromatic rings. The smallest absolute Gasteiger partial charge is 0.412 e. The molecule has 2 rings (SSSR count). The van der Waals surface area contributed by atoms with Crippen LogP contribution in [0, 0.1) is 0 Å². The number of cyclic esters (lactones) is 1. The van der Waals surface area contributed by atoms with Crippen molar-refractivity contribution in [3.8, 4) is 5.75 Å². The average molecular weight is 265 g/mol. The SMILES string of the molecule is CC(C)(C)OC(=O)c1ccc2c(O)c1NC(=O)OC2. The molecular weight excluding hydrogens is 250 g/mol. The van der Waals surface area contributed by atoms with Crippen LogP contribution < -0.4 is 5.32 Å². The van der Waals surface area contributed by atoms with Crippen LogP contribution in [-0.2, 0) is 16.1 Å². The summed E-state index contributed by atoms with van der Waals surface area (Å²) in [4.78, 5) is 23.4. The molecule has 2 N–H and O–H groups in total. The van der Waals surface area contributed by atoms with E-state index in [0.29, 0.717) is 5.56 Å². The van der Waals surface area contributed by atoms with Gasteiger partial charge in [-0.15, -0.1) is 0 Å². The Bertz CT molecular complexity index is 545. The van der Waals surface area contributed by atoms with Crippen LogP contribution in [0.3, 0.4) is 0 Å². The molecule has 0 saturated heterocycles. The van der Waals surface area contributed by atoms with Crippen LogP contribution in [0.5, 0.6) is 5.75 Å². The van der Waals surface area contributed by atoms with Gasteiger partial charge in [-0.25, -0.2) is 9.59 Å². The molecule has 6 heteroatoms. The molecule has 19 heavy (non-hydrogen) atoms. The second kappa shape index (κ2) is 4.46. The number of phenols is 1. The van der Waals surface area contributed by atoms with E-state index in [1.54, 1.807) is 20.8 Å². The van der Waals surface area contributed by atoms with Gasteiger partial charge in [0.05, 0.1) is 5.56 Å². The first-order valence-electron chi connectivity index (χ1n) is 5.80. The number of hydrogen-bond donors (Lipinski definition) is 2. The van der Waals surface area contributed by atoms with Crippen molar-refractivity contribution in [1.82, 2.24) is 0 Å². The summed E-state index contributed by atoms with van der Waals surface area (Å²) in [5, 5.41) is 12.3. The highest BCUT2D eigenvalue weighted by Crippen LogP contribution is 2.35. The highest BCUT2D eigenvalue weighted by Gasteiger charge is 2.26. The molecule has 0 aromatic heterocycles. The van der Waals surface area contributed by atoms with Crippen LogP contribution in [0.4, 0.5) is 10.5 Å². The summed E-state index contributed by atoms with van der Waals surface area (Å²) in [6.07, 6.45) is -0.721. The Morgan fingerprint density at radius 3 is 2.74 bits per heavy atom. The van der Waals surface area contributed by atoms with Gasteiger partial charge in [-0.05, 0) is 26.8 Å². The third kappa shape index (κ3) is 2.78. The minimum atomic E-state index is -0.721. The standard InChI is InChI=1S/C13H15NO5/c1-13(2,3)19-11(16)8-5-4-7-6-18-12(17)14-9(8)10(7)15/h4-5,15H,6H2,1-3H3,(H,14,17). The number of nitrogens with one attached hydrogen (secondary N) is 1. The number of amides is 1. The van der Waals surface area contributed by atoms with Crippen molar-refractivity contribution in [3.63, 3.8) is 0 Å². The van der Waals surface area contributed by atoms with Crippen LogP contribution in [0.2, 0.25) is 0 Å². The Morgan fingerprint density at radius 1 is 1.42 bits per heavy atom. The molecular formula is C13H15NO5. The molecule has 1 aliphatic rings. The molecule has 0 atom stereocenters. The topological polar surface area (TPSA) is 84.9 Å². The molecule has 0 unspecified atom stereocenters. The molecule has 1 aliphatic heterocycles. The number of aromatic hydroxyl groups is 1. The summed E-state index contributed by atoms with van der Waals surface area (Å²) < 4.78 is 10.0. The zero-order chi connectivity index (χ0) is 14.2. The molecule has 0 saturated carbocycles. The Kier molecular flexibility index (Phi) is 3.09. The lowest BCUT2D eigenvalue weighted by Crippen LogP contribution is -2.24. The molecule has 6 nitrogen and oxygen atoms in total. The van der Waals surface area contributed by atoms with E-state index in [1.807, 2.05) is 0 Å². The van der Waals surface area contributed by atoms with Crippen molar-refractivity contribution in [3.05, 3.63) is 23.3 Å². The lowest BCUT2D eigenvalue weighted by molar-refractivity contribution is 0.00704. The van der Waals surface area contributed by atoms with Gasteiger partial charge in [0.1, 0.15) is 23.6 Å². The fraction of sp³-hybridized carbons (Fsp3) is 0.385. The number of anilines is 1. The number of hydrogen-bond acceptors (Lipinski definition) is 5. The van der Waals surface area contributed by atoms with Gasteiger partial charge in [-0.2, -0.15) is 0 Å². The quantitative estimate of drug-likeness (QED) is 0.601. The molecule has 2 bridgehead atoms. The van der Waals surface area contributed by atoms with Gasteiger partial charge < -0.3 is 14.6 Å². The number of fused-ring (bicyclic) bond motifs is 2. The molecule has 1 aromatic carbocycles. The van der Waals surface area contributed by atoms with E-state index in [0.717, 1.165) is 0 Å². The second-order valence-corrected chi connectivity index (χ2v) is 5.20. The summed E-state index contributed by atoms with van der Waals surface area (Å²) in [5.74, 6) is -0.791. The predicted molar refractivity (Wildman–Crippen MR) is 67.1 cm³/mol. The van der Waals surface area contributed by atoms with Crippen LogP contribution in [-0.4, -0.2) is 22.8 Å². The Morgan fingerprint density at radius 2 is 2.11 bits per heavy atom. The van der Waals surface area contributed by atoms with Gasteiger partial charge in [-0.3, -0.25) is 5.32 Å². The lowest BCUT2D eigenvalue weighted by Gasteiger charge is -2.20. The fourth-order valence-corrected chi connectivity index (χ4v) is 1.66. The minimum Gasteiger partial charge on any atom is -0.505 e. The van der Waals surface area contributed by atoms with E-state index in [4.69, 9.17) is 9.47 Å². The molecule has 1 heterocycles. The van der Waals surface area contributed by atoms with Crippen molar-refractivity contribution in [2.75, 3.05) is 5.32 Å². The highest BCUT2D eigenvalue weighted by atomic mass is 16.6. The zero-order valence-electron chi connectivity index (χ0n) is 10.9. The molecule has 102 valence electrons. The van der Waals surface area contributed by atoms with Gasteiger partial charge in [0, 0.05) is 5.56 Å². The third-order valence-corrected chi connectivity index (χ3v) is 2.47. The van der Waals surface area contributed by atoms with Crippen molar-refractivity contribution in [1.29, 1.82) is 0 Å². The number of esters is 1. The van der Waals surface area contributed by atoms with E-state index < -0.39 is 17.7 Å². The Hall–Kier alpha value is -2.24. The van der Waals surface area contributed by atoms with Crippen molar-refractivity contribution in [2.24, 2.45) is 0 Å². The van der Waals surface area contributed by atoms with Crippen LogP contribution in [0.1, 0.15) is 36.7 Å². The molecule has 0 radical (unpaired) electrons. The van der Waals surface area contributed by atoms with E-state index in [-0.39, 0.29) is 23.6 Å². The largest absolute Gasteiger partial charge is 0.505 e. The molecule has 0 spiro atoms. The Labute approximate surface area is 110 Å². The maximum atomic E-state index is 12.0. The molecule has 0 aliphatic carbocycles. The second-order valence-electron chi connectivity index (χ2n) is 5.20. The summed E-state index contributed by atoms with van der Waals surface area (Å²) in [5.41, 5.74) is -0.117. The maximum absolute atomic E-state index is 12.0. The van der Waals surface area contributed by atoms with Gasteiger partial charge in [0.2, 0.25) is 0 Å². The van der Waals surface area contributed by atoms with Gasteiger partial charge in [0.15, 0.2) is 0 Å². The number of ether oxygens (including phenoxy) is 2. The normalized spacial score (nSPS) is 14.2. The number of phenolic OH excluding ortho intramolecular Hbond substituents is 1. The number of rotatable bonds is 1. The number of carbonyl (C=O) groups excluding carboxylic acids is 2. The van der Waals surface area contributed by atoms with Crippen molar-refractivity contribution < 1.29 is 24.2 Å². The van der Waals surface area contributed by atoms with E-state index in [1.165, 1.54) is 12.1 Å². The van der Waals surface area contributed by atoms with E-state index >= 15 is 0 Å². The third-order valence-electron chi connectivity index (χ3n) is 2.47. The first-order chi connectivity index (χ1) is 8.78. The first kappa shape index (κ1) is 13.2. The van der Waals surface area contributed by atoms with Crippen molar-refractivity contribution in [2.45, 2.75) is 33.0 Å². The summed E-state index contributed by atoms with van der Waals surface area (Å²) in [6, 6.07) is 3.02. The van der Waals surface area contributed by atoms with Crippen LogP contribution >= 0.6 is 0 Å². The number of carbonyl (C=O) groups is 2. The van der Waals surface area contributed by atoms with Crippen molar-refractivity contribution >= 4 is 17.7 Å². The van der Waals surface area contributed by atoms with Crippen LogP contribution in [0.25, 0.3) is 0 Å². The van der Waals surface area contributed by atoms with Gasteiger partial charge in [0.25, 0.3) is 0 Å². The first-order valence-corrected chi connectivity index (χ1v) is 5.80.